The van der Waals surface area contributed by atoms with Crippen LogP contribution < -0.4 is 10.6 Å². The van der Waals surface area contributed by atoms with Gasteiger partial charge in [0, 0.05) is 50.4 Å². The van der Waals surface area contributed by atoms with Crippen LogP contribution in [0.5, 0.6) is 0 Å². The van der Waals surface area contributed by atoms with E-state index in [0.29, 0.717) is 84.1 Å². The first kappa shape index (κ1) is 44.2. The van der Waals surface area contributed by atoms with E-state index >= 15 is 0 Å². The first-order valence-electron chi connectivity index (χ1n) is 22.7. The SMILES string of the molecule is COC(=O)NC(C(=O)N1CCCC1c1nc2ccc(C(=O)N3Cc4cc5c(cc4C3)CN(C(=O)c3ccc4nc(C6CCCN6C(=O)C(NC(=O)OC)C(C)C)[nH]c4c3)C5)cc2[nH]1)C(C)C. The van der Waals surface area contributed by atoms with Crippen LogP contribution in [0.3, 0.4) is 0 Å². The number of ether oxygens (including phenoxy) is 2. The fraction of sp³-hybridized carbons (Fsp3) is 0.458. The van der Waals surface area contributed by atoms with Gasteiger partial charge in [-0.25, -0.2) is 19.6 Å². The first-order chi connectivity index (χ1) is 31.7. The van der Waals surface area contributed by atoms with Crippen molar-refractivity contribution in [2.24, 2.45) is 11.8 Å². The van der Waals surface area contributed by atoms with Crippen molar-refractivity contribution in [3.8, 4) is 0 Å². The number of rotatable bonds is 10. The number of imidazole rings is 2. The average molecular weight is 901 g/mol. The lowest BCUT2D eigenvalue weighted by Gasteiger charge is -2.29. The Kier molecular flexibility index (Phi) is 11.9. The topological polar surface area (TPSA) is 215 Å². The molecule has 0 radical (unpaired) electrons. The molecule has 3 aromatic carbocycles. The molecule has 346 valence electrons. The molecule has 0 aliphatic carbocycles. The molecule has 18 heteroatoms. The van der Waals surface area contributed by atoms with Gasteiger partial charge in [-0.3, -0.25) is 19.2 Å². The molecule has 4 aliphatic heterocycles. The predicted octanol–water partition coefficient (Wildman–Crippen LogP) is 5.84. The normalized spacial score (nSPS) is 18.8. The number of methoxy groups -OCH3 is 2. The number of carbonyl (C=O) groups is 6. The molecule has 18 nitrogen and oxygen atoms in total. The first-order valence-corrected chi connectivity index (χ1v) is 22.7. The summed E-state index contributed by atoms with van der Waals surface area (Å²) >= 11 is 0. The molecule has 66 heavy (non-hydrogen) atoms. The number of carbonyl (C=O) groups excluding carboxylic acids is 6. The van der Waals surface area contributed by atoms with Gasteiger partial charge in [0.1, 0.15) is 23.7 Å². The van der Waals surface area contributed by atoms with E-state index in [4.69, 9.17) is 19.4 Å². The molecule has 2 fully saturated rings. The number of benzene rings is 3. The van der Waals surface area contributed by atoms with Crippen LogP contribution in [0.2, 0.25) is 0 Å². The number of nitrogens with one attached hydrogen (secondary N) is 4. The van der Waals surface area contributed by atoms with Crippen LogP contribution in [0.4, 0.5) is 9.59 Å². The molecule has 6 heterocycles. The quantitative estimate of drug-likeness (QED) is 0.131. The third-order valence-electron chi connectivity index (χ3n) is 13.5. The molecule has 0 spiro atoms. The van der Waals surface area contributed by atoms with E-state index in [9.17, 15) is 28.8 Å². The average Bonchev–Trinajstić information content (AvgIpc) is 4.17. The summed E-state index contributed by atoms with van der Waals surface area (Å²) in [5.41, 5.74) is 8.07. The van der Waals surface area contributed by atoms with Crippen molar-refractivity contribution in [3.63, 3.8) is 0 Å². The fourth-order valence-electron chi connectivity index (χ4n) is 9.99. The molecule has 0 bridgehead atoms. The Hall–Kier alpha value is -6.98. The van der Waals surface area contributed by atoms with Crippen molar-refractivity contribution in [2.75, 3.05) is 27.3 Å². The smallest absolute Gasteiger partial charge is 0.407 e. The predicted molar refractivity (Wildman–Crippen MR) is 241 cm³/mol. The van der Waals surface area contributed by atoms with Crippen LogP contribution in [-0.2, 0) is 45.2 Å². The standard InChI is InChI=1S/C48H56N10O8/c1-25(2)39(53-47(63)65-5)45(61)57-15-7-9-37(57)41-49-33-13-11-27(19-35(33)51-41)43(59)55-21-29-17-31-23-56(24-32(31)18-30(29)22-55)44(60)28-12-14-34-36(20-28)52-42(50-34)38-10-8-16-58(38)46(62)40(26(3)4)54-48(64)66-6/h11-14,17-20,25-26,37-40H,7-10,15-16,21-24H2,1-6H3,(H,49,51)(H,50,52)(H,53,63)(H,54,64). The summed E-state index contributed by atoms with van der Waals surface area (Å²) in [4.78, 5) is 103. The summed E-state index contributed by atoms with van der Waals surface area (Å²) in [6.45, 7) is 10.4. The lowest BCUT2D eigenvalue weighted by molar-refractivity contribution is -0.136. The van der Waals surface area contributed by atoms with Gasteiger partial charge in [-0.05, 0) is 96.2 Å². The Labute approximate surface area is 381 Å². The maximum atomic E-state index is 14.0. The number of hydrogen-bond acceptors (Lipinski definition) is 10. The van der Waals surface area contributed by atoms with Crippen molar-refractivity contribution in [1.29, 1.82) is 0 Å². The van der Waals surface area contributed by atoms with Crippen LogP contribution in [0.25, 0.3) is 22.1 Å². The number of alkyl carbamates (subject to hydrolysis) is 2. The van der Waals surface area contributed by atoms with Gasteiger partial charge in [0.05, 0.1) is 48.4 Å². The van der Waals surface area contributed by atoms with Crippen molar-refractivity contribution < 1.29 is 38.2 Å². The lowest BCUT2D eigenvalue weighted by Crippen LogP contribution is -2.51. The van der Waals surface area contributed by atoms with Gasteiger partial charge in [-0.2, -0.15) is 0 Å². The summed E-state index contributed by atoms with van der Waals surface area (Å²) in [7, 11) is 2.54. The summed E-state index contributed by atoms with van der Waals surface area (Å²) in [5.74, 6) is 0.402. The molecule has 5 aromatic rings. The van der Waals surface area contributed by atoms with Gasteiger partial charge in [0.25, 0.3) is 11.8 Å². The van der Waals surface area contributed by atoms with Crippen LogP contribution in [0.15, 0.2) is 48.5 Å². The fourth-order valence-corrected chi connectivity index (χ4v) is 9.99. The summed E-state index contributed by atoms with van der Waals surface area (Å²) < 4.78 is 9.53. The minimum absolute atomic E-state index is 0.104. The zero-order valence-electron chi connectivity index (χ0n) is 38.1. The molecule has 2 aromatic heterocycles. The number of fused-ring (bicyclic) bond motifs is 4. The zero-order chi connectivity index (χ0) is 46.6. The van der Waals surface area contributed by atoms with E-state index in [-0.39, 0.29) is 47.5 Å². The number of likely N-dealkylation sites (tertiary alicyclic amines) is 2. The van der Waals surface area contributed by atoms with Gasteiger partial charge in [0.15, 0.2) is 0 Å². The highest BCUT2D eigenvalue weighted by molar-refractivity contribution is 5.99. The van der Waals surface area contributed by atoms with Gasteiger partial charge in [0.2, 0.25) is 11.8 Å². The van der Waals surface area contributed by atoms with Crippen LogP contribution in [0.1, 0.15) is 120 Å². The second kappa shape index (κ2) is 17.8. The Morgan fingerprint density at radius 3 is 1.32 bits per heavy atom. The van der Waals surface area contributed by atoms with E-state index in [1.165, 1.54) is 14.2 Å². The number of hydrogen-bond donors (Lipinski definition) is 4. The lowest BCUT2D eigenvalue weighted by atomic mass is 10.0. The van der Waals surface area contributed by atoms with Crippen LogP contribution in [-0.4, -0.2) is 115 Å². The minimum atomic E-state index is -0.738. The third kappa shape index (κ3) is 8.28. The summed E-state index contributed by atoms with van der Waals surface area (Å²) in [6, 6.07) is 13.0. The summed E-state index contributed by atoms with van der Waals surface area (Å²) in [5, 5.41) is 5.37. The maximum Gasteiger partial charge on any atom is 0.407 e. The highest BCUT2D eigenvalue weighted by Gasteiger charge is 2.40. The van der Waals surface area contributed by atoms with Gasteiger partial charge in [-0.1, -0.05) is 39.8 Å². The zero-order valence-corrected chi connectivity index (χ0v) is 38.1. The Bertz CT molecular complexity index is 2540. The molecular formula is C48H56N10O8. The van der Waals surface area contributed by atoms with E-state index in [2.05, 4.69) is 32.7 Å². The van der Waals surface area contributed by atoms with Gasteiger partial charge >= 0.3 is 12.2 Å². The second-order valence-electron chi connectivity index (χ2n) is 18.5. The van der Waals surface area contributed by atoms with Crippen LogP contribution in [0, 0.1) is 11.8 Å². The van der Waals surface area contributed by atoms with Crippen molar-refractivity contribution >= 4 is 57.9 Å². The van der Waals surface area contributed by atoms with Crippen molar-refractivity contribution in [2.45, 2.75) is 104 Å². The molecular weight excluding hydrogens is 845 g/mol. The summed E-state index contributed by atoms with van der Waals surface area (Å²) in [6.07, 6.45) is 1.72. The van der Waals surface area contributed by atoms with Crippen molar-refractivity contribution in [1.82, 2.24) is 50.2 Å². The molecule has 0 saturated carbocycles. The minimum Gasteiger partial charge on any atom is -0.453 e. The molecule has 4 N–H and O–H groups in total. The van der Waals surface area contributed by atoms with Crippen LogP contribution >= 0.6 is 0 Å². The number of amides is 6. The molecule has 2 saturated heterocycles. The Balaban J connectivity index is 0.840. The van der Waals surface area contributed by atoms with Crippen molar-refractivity contribution in [3.05, 3.63) is 93.6 Å². The van der Waals surface area contributed by atoms with E-state index in [0.717, 1.165) is 47.9 Å². The molecule has 9 rings (SSSR count). The van der Waals surface area contributed by atoms with Gasteiger partial charge in [-0.15, -0.1) is 0 Å². The Morgan fingerprint density at radius 2 is 0.970 bits per heavy atom. The molecule has 6 amide bonds. The number of aromatic nitrogens is 4. The van der Waals surface area contributed by atoms with E-state index in [1.54, 1.807) is 21.9 Å². The molecule has 4 unspecified atom stereocenters. The largest absolute Gasteiger partial charge is 0.453 e. The highest BCUT2D eigenvalue weighted by atomic mass is 16.5. The number of H-pyrrole nitrogens is 2. The Morgan fingerprint density at radius 1 is 0.591 bits per heavy atom. The maximum absolute atomic E-state index is 14.0. The van der Waals surface area contributed by atoms with Gasteiger partial charge < -0.3 is 49.7 Å². The highest BCUT2D eigenvalue weighted by Crippen LogP contribution is 2.36. The number of aromatic amines is 2. The monoisotopic (exact) mass is 900 g/mol. The van der Waals surface area contributed by atoms with E-state index < -0.39 is 24.3 Å². The number of nitrogens with zero attached hydrogens (tertiary/aromatic N) is 6. The second-order valence-corrected chi connectivity index (χ2v) is 18.5. The molecule has 4 aliphatic rings. The van der Waals surface area contributed by atoms with E-state index in [1.807, 2.05) is 61.8 Å². The third-order valence-corrected chi connectivity index (χ3v) is 13.5. The molecule has 4 atom stereocenters.